The predicted octanol–water partition coefficient (Wildman–Crippen LogP) is 6.80. The first kappa shape index (κ1) is 23.9. The maximum Gasteiger partial charge on any atom is 0.275 e. The fourth-order valence-corrected chi connectivity index (χ4v) is 4.83. The molecule has 0 radical (unpaired) electrons. The molecular formula is C27H25N3O2S2. The number of benzene rings is 3. The van der Waals surface area contributed by atoms with Gasteiger partial charge in [-0.25, -0.2) is 9.97 Å². The van der Waals surface area contributed by atoms with Crippen molar-refractivity contribution in [2.75, 3.05) is 12.4 Å². The first-order valence-corrected chi connectivity index (χ1v) is 12.6. The summed E-state index contributed by atoms with van der Waals surface area (Å²) in [5, 5.41) is 3.51. The highest BCUT2D eigenvalue weighted by Gasteiger charge is 2.17. The molecule has 0 fully saturated rings. The van der Waals surface area contributed by atoms with E-state index < -0.39 is 0 Å². The van der Waals surface area contributed by atoms with Gasteiger partial charge in [0.25, 0.3) is 5.91 Å². The standard InChI is InChI=1S/C27H25N3O2S2/c1-18-7-13-23(14-8-18)34-24-16-28-27(33-17-20-6-4-5-19(2)15-20)30-25(24)26(31)29-21-9-11-22(32-3)12-10-21/h4-16H,17H2,1-3H3,(H,29,31). The molecule has 1 heterocycles. The first-order chi connectivity index (χ1) is 16.5. The number of hydrogen-bond donors (Lipinski definition) is 1. The van der Waals surface area contributed by atoms with E-state index in [2.05, 4.69) is 40.4 Å². The molecule has 172 valence electrons. The Labute approximate surface area is 208 Å². The molecule has 0 atom stereocenters. The average molecular weight is 488 g/mol. The van der Waals surface area contributed by atoms with E-state index in [0.717, 1.165) is 16.4 Å². The van der Waals surface area contributed by atoms with Gasteiger partial charge >= 0.3 is 0 Å². The van der Waals surface area contributed by atoms with Gasteiger partial charge in [-0.2, -0.15) is 0 Å². The number of nitrogens with one attached hydrogen (secondary N) is 1. The van der Waals surface area contributed by atoms with Gasteiger partial charge in [0.2, 0.25) is 0 Å². The summed E-state index contributed by atoms with van der Waals surface area (Å²) in [6, 6.07) is 23.7. The van der Waals surface area contributed by atoms with E-state index in [9.17, 15) is 4.79 Å². The lowest BCUT2D eigenvalue weighted by molar-refractivity contribution is 0.101. The molecule has 7 heteroatoms. The van der Waals surface area contributed by atoms with Crippen LogP contribution in [-0.4, -0.2) is 23.0 Å². The van der Waals surface area contributed by atoms with Crippen molar-refractivity contribution in [3.63, 3.8) is 0 Å². The number of anilines is 1. The van der Waals surface area contributed by atoms with E-state index in [0.29, 0.717) is 21.4 Å². The van der Waals surface area contributed by atoms with Crippen LogP contribution >= 0.6 is 23.5 Å². The molecule has 1 N–H and O–H groups in total. The zero-order valence-corrected chi connectivity index (χ0v) is 20.9. The van der Waals surface area contributed by atoms with Gasteiger partial charge in [-0.15, -0.1) is 0 Å². The lowest BCUT2D eigenvalue weighted by Gasteiger charge is -2.11. The molecule has 1 aromatic heterocycles. The van der Waals surface area contributed by atoms with E-state index in [1.54, 1.807) is 37.6 Å². The lowest BCUT2D eigenvalue weighted by Crippen LogP contribution is -2.16. The van der Waals surface area contributed by atoms with Crippen molar-refractivity contribution in [1.82, 2.24) is 9.97 Å². The highest BCUT2D eigenvalue weighted by Crippen LogP contribution is 2.31. The Balaban J connectivity index is 1.58. The van der Waals surface area contributed by atoms with Crippen molar-refractivity contribution in [1.29, 1.82) is 0 Å². The topological polar surface area (TPSA) is 64.1 Å². The van der Waals surface area contributed by atoms with Gasteiger partial charge < -0.3 is 10.1 Å². The maximum absolute atomic E-state index is 13.2. The minimum atomic E-state index is -0.278. The number of amides is 1. The van der Waals surface area contributed by atoms with Crippen molar-refractivity contribution in [3.05, 3.63) is 101 Å². The van der Waals surface area contributed by atoms with E-state index in [1.807, 2.05) is 37.3 Å². The van der Waals surface area contributed by atoms with Crippen molar-refractivity contribution in [2.24, 2.45) is 0 Å². The largest absolute Gasteiger partial charge is 0.497 e. The Morgan fingerprint density at radius 3 is 2.44 bits per heavy atom. The predicted molar refractivity (Wildman–Crippen MR) is 139 cm³/mol. The van der Waals surface area contributed by atoms with E-state index in [4.69, 9.17) is 4.74 Å². The van der Waals surface area contributed by atoms with Crippen molar-refractivity contribution < 1.29 is 9.53 Å². The Morgan fingerprint density at radius 1 is 0.971 bits per heavy atom. The van der Waals surface area contributed by atoms with Crippen molar-refractivity contribution in [3.8, 4) is 5.75 Å². The van der Waals surface area contributed by atoms with Crippen LogP contribution in [-0.2, 0) is 5.75 Å². The van der Waals surface area contributed by atoms with Gasteiger partial charge in [-0.05, 0) is 55.8 Å². The van der Waals surface area contributed by atoms with Crippen LogP contribution in [0.15, 0.2) is 93.9 Å². The third-order valence-corrected chi connectivity index (χ3v) is 6.95. The molecular weight excluding hydrogens is 462 g/mol. The molecule has 0 unspecified atom stereocenters. The van der Waals surface area contributed by atoms with Gasteiger partial charge in [0.05, 0.1) is 12.0 Å². The minimum absolute atomic E-state index is 0.278. The Hall–Kier alpha value is -3.29. The summed E-state index contributed by atoms with van der Waals surface area (Å²) in [6.07, 6.45) is 1.74. The highest BCUT2D eigenvalue weighted by molar-refractivity contribution is 7.99. The molecule has 3 aromatic carbocycles. The van der Waals surface area contributed by atoms with E-state index >= 15 is 0 Å². The van der Waals surface area contributed by atoms with Crippen LogP contribution < -0.4 is 10.1 Å². The molecule has 0 aliphatic carbocycles. The van der Waals surface area contributed by atoms with Crippen LogP contribution in [0.1, 0.15) is 27.2 Å². The van der Waals surface area contributed by atoms with Crippen molar-refractivity contribution in [2.45, 2.75) is 34.5 Å². The molecule has 0 aliphatic heterocycles. The number of carbonyl (C=O) groups is 1. The molecule has 5 nitrogen and oxygen atoms in total. The second-order valence-corrected chi connectivity index (χ2v) is 9.80. The number of nitrogens with zero attached hydrogens (tertiary/aromatic N) is 2. The van der Waals surface area contributed by atoms with Crippen LogP contribution in [0.25, 0.3) is 0 Å². The molecule has 0 bridgehead atoms. The summed E-state index contributed by atoms with van der Waals surface area (Å²) < 4.78 is 5.20. The van der Waals surface area contributed by atoms with E-state index in [-0.39, 0.29) is 5.91 Å². The number of ether oxygens (including phenoxy) is 1. The number of thioether (sulfide) groups is 1. The van der Waals surface area contributed by atoms with Gasteiger partial charge in [-0.3, -0.25) is 4.79 Å². The number of aromatic nitrogens is 2. The fraction of sp³-hybridized carbons (Fsp3) is 0.148. The molecule has 0 saturated heterocycles. The average Bonchev–Trinajstić information content (AvgIpc) is 2.85. The number of carbonyl (C=O) groups excluding carboxylic acids is 1. The van der Waals surface area contributed by atoms with Crippen LogP contribution in [0.5, 0.6) is 5.75 Å². The number of aryl methyl sites for hydroxylation is 2. The van der Waals surface area contributed by atoms with Crippen LogP contribution in [0.4, 0.5) is 5.69 Å². The smallest absolute Gasteiger partial charge is 0.275 e. The van der Waals surface area contributed by atoms with Crippen LogP contribution in [0, 0.1) is 13.8 Å². The highest BCUT2D eigenvalue weighted by atomic mass is 32.2. The monoisotopic (exact) mass is 487 g/mol. The van der Waals surface area contributed by atoms with Crippen LogP contribution in [0.3, 0.4) is 0 Å². The van der Waals surface area contributed by atoms with Gasteiger partial charge in [0.15, 0.2) is 5.16 Å². The summed E-state index contributed by atoms with van der Waals surface area (Å²) in [5.74, 6) is 1.18. The summed E-state index contributed by atoms with van der Waals surface area (Å²) >= 11 is 2.99. The zero-order chi connectivity index (χ0) is 23.9. The quantitative estimate of drug-likeness (QED) is 0.218. The summed E-state index contributed by atoms with van der Waals surface area (Å²) in [5.41, 5.74) is 4.60. The van der Waals surface area contributed by atoms with Gasteiger partial charge in [0.1, 0.15) is 11.4 Å². The van der Waals surface area contributed by atoms with Gasteiger partial charge in [0, 0.05) is 22.5 Å². The fourth-order valence-electron chi connectivity index (χ4n) is 3.21. The normalized spacial score (nSPS) is 10.7. The second kappa shape index (κ2) is 11.2. The molecule has 0 spiro atoms. The maximum atomic E-state index is 13.2. The third-order valence-electron chi connectivity index (χ3n) is 5.00. The Morgan fingerprint density at radius 2 is 1.74 bits per heavy atom. The summed E-state index contributed by atoms with van der Waals surface area (Å²) in [7, 11) is 1.61. The van der Waals surface area contributed by atoms with E-state index in [1.165, 1.54) is 40.2 Å². The third kappa shape index (κ3) is 6.40. The number of methoxy groups -OCH3 is 1. The van der Waals surface area contributed by atoms with Crippen molar-refractivity contribution >= 4 is 35.1 Å². The number of rotatable bonds is 8. The Kier molecular flexibility index (Phi) is 7.87. The molecule has 34 heavy (non-hydrogen) atoms. The molecule has 0 saturated carbocycles. The molecule has 4 rings (SSSR count). The number of hydrogen-bond acceptors (Lipinski definition) is 6. The summed E-state index contributed by atoms with van der Waals surface area (Å²) in [4.78, 5) is 24.2. The lowest BCUT2D eigenvalue weighted by atomic mass is 10.2. The van der Waals surface area contributed by atoms with Gasteiger partial charge in [-0.1, -0.05) is 71.0 Å². The molecule has 4 aromatic rings. The molecule has 1 amide bonds. The SMILES string of the molecule is COc1ccc(NC(=O)c2nc(SCc3cccc(C)c3)ncc2Sc2ccc(C)cc2)cc1. The first-order valence-electron chi connectivity index (χ1n) is 10.8. The molecule has 0 aliphatic rings. The minimum Gasteiger partial charge on any atom is -0.497 e. The van der Waals surface area contributed by atoms with Crippen LogP contribution in [0.2, 0.25) is 0 Å². The second-order valence-electron chi connectivity index (χ2n) is 7.74. The zero-order valence-electron chi connectivity index (χ0n) is 19.2. The summed E-state index contributed by atoms with van der Waals surface area (Å²) in [6.45, 7) is 4.12. The Bertz CT molecular complexity index is 1280.